The summed E-state index contributed by atoms with van der Waals surface area (Å²) in [5.74, 6) is -2.15. The van der Waals surface area contributed by atoms with Gasteiger partial charge in [0.1, 0.15) is 5.75 Å². The van der Waals surface area contributed by atoms with Crippen molar-refractivity contribution in [1.82, 2.24) is 10.7 Å². The van der Waals surface area contributed by atoms with Crippen LogP contribution >= 0.6 is 0 Å². The van der Waals surface area contributed by atoms with E-state index in [0.29, 0.717) is 35.5 Å². The lowest BCUT2D eigenvalue weighted by Gasteiger charge is -2.31. The van der Waals surface area contributed by atoms with Gasteiger partial charge in [0.15, 0.2) is 0 Å². The number of hydrogen-bond acceptors (Lipinski definition) is 10. The Kier molecular flexibility index (Phi) is 9.04. The average molecular weight is 577 g/mol. The maximum absolute atomic E-state index is 13.7. The molecule has 0 spiro atoms. The van der Waals surface area contributed by atoms with Crippen LogP contribution < -0.4 is 15.5 Å². The molecule has 2 aromatic carbocycles. The SMILES string of the molecule is CCC(OC(=O)C1=C(C)NC(C)=C(C(=O)OC)C1c1cccc([N+](=O)[O-])c1)Oc1ccc(C2=NNC(=O)CC2C)cc1. The number of hydrogen-bond donors (Lipinski definition) is 2. The molecule has 2 N–H and O–H groups in total. The number of dihydropyridines is 1. The van der Waals surface area contributed by atoms with Crippen molar-refractivity contribution in [2.75, 3.05) is 7.11 Å². The summed E-state index contributed by atoms with van der Waals surface area (Å²) in [6, 6.07) is 12.8. The predicted octanol–water partition coefficient (Wildman–Crippen LogP) is 4.22. The van der Waals surface area contributed by atoms with Crippen LogP contribution in [0, 0.1) is 16.0 Å². The maximum atomic E-state index is 13.7. The van der Waals surface area contributed by atoms with E-state index in [9.17, 15) is 24.5 Å². The molecule has 0 saturated carbocycles. The first-order valence-electron chi connectivity index (χ1n) is 13.4. The molecule has 12 heteroatoms. The smallest absolute Gasteiger partial charge is 0.339 e. The number of ether oxygens (including phenoxy) is 3. The van der Waals surface area contributed by atoms with Gasteiger partial charge in [0.05, 0.1) is 34.8 Å². The van der Waals surface area contributed by atoms with Crippen LogP contribution in [0.4, 0.5) is 5.69 Å². The molecular weight excluding hydrogens is 544 g/mol. The Balaban J connectivity index is 1.59. The topological polar surface area (TPSA) is 158 Å². The number of nitrogens with one attached hydrogen (secondary N) is 2. The number of allylic oxidation sites excluding steroid dienone is 2. The van der Waals surface area contributed by atoms with Gasteiger partial charge in [-0.2, -0.15) is 5.10 Å². The van der Waals surface area contributed by atoms with Gasteiger partial charge in [-0.25, -0.2) is 15.0 Å². The van der Waals surface area contributed by atoms with E-state index in [1.165, 1.54) is 25.3 Å². The third-order valence-corrected chi connectivity index (χ3v) is 7.05. The summed E-state index contributed by atoms with van der Waals surface area (Å²) in [5, 5.41) is 18.7. The van der Waals surface area contributed by atoms with Crippen molar-refractivity contribution in [2.45, 2.75) is 52.7 Å². The standard InChI is InChI=1S/C30H32N4O8/c1-6-24(41-22-12-10-19(11-13-22)28-16(2)14-23(35)32-33-28)42-30(37)26-18(4)31-17(3)25(29(36)40-5)27(26)20-8-7-9-21(15-20)34(38)39/h7-13,15-16,24,27,31H,6,14H2,1-5H3,(H,32,35). The van der Waals surface area contributed by atoms with Gasteiger partial charge in [0.25, 0.3) is 5.69 Å². The van der Waals surface area contributed by atoms with Crippen molar-refractivity contribution in [3.05, 3.63) is 92.3 Å². The number of carbonyl (C=O) groups excluding carboxylic acids is 3. The molecule has 2 heterocycles. The number of nitro benzene ring substituents is 1. The third kappa shape index (κ3) is 6.32. The number of methoxy groups -OCH3 is 1. The predicted molar refractivity (Wildman–Crippen MR) is 152 cm³/mol. The van der Waals surface area contributed by atoms with Crippen molar-refractivity contribution in [1.29, 1.82) is 0 Å². The van der Waals surface area contributed by atoms with Gasteiger partial charge < -0.3 is 19.5 Å². The molecule has 0 bridgehead atoms. The monoisotopic (exact) mass is 576 g/mol. The van der Waals surface area contributed by atoms with Crippen LogP contribution in [0.2, 0.25) is 0 Å². The van der Waals surface area contributed by atoms with Crippen molar-refractivity contribution < 1.29 is 33.5 Å². The molecule has 2 aliphatic rings. The highest BCUT2D eigenvalue weighted by molar-refractivity contribution is 6.05. The van der Waals surface area contributed by atoms with Gasteiger partial charge in [-0.15, -0.1) is 0 Å². The molecule has 42 heavy (non-hydrogen) atoms. The molecule has 1 amide bonds. The number of nitro groups is 1. The van der Waals surface area contributed by atoms with Gasteiger partial charge in [0, 0.05) is 42.3 Å². The van der Waals surface area contributed by atoms with E-state index < -0.39 is 29.1 Å². The van der Waals surface area contributed by atoms with E-state index in [4.69, 9.17) is 14.2 Å². The molecule has 0 fully saturated rings. The molecule has 0 saturated heterocycles. The zero-order valence-corrected chi connectivity index (χ0v) is 23.9. The minimum Gasteiger partial charge on any atom is -0.466 e. The van der Waals surface area contributed by atoms with E-state index in [1.807, 2.05) is 19.1 Å². The molecule has 0 aliphatic carbocycles. The number of nitrogens with zero attached hydrogens (tertiary/aromatic N) is 2. The van der Waals surface area contributed by atoms with Crippen LogP contribution in [0.1, 0.15) is 57.6 Å². The Morgan fingerprint density at radius 3 is 2.36 bits per heavy atom. The van der Waals surface area contributed by atoms with Crippen LogP contribution in [-0.4, -0.2) is 41.9 Å². The first kappa shape index (κ1) is 30.0. The molecular formula is C30H32N4O8. The minimum absolute atomic E-state index is 0.0398. The fourth-order valence-electron chi connectivity index (χ4n) is 5.03. The molecule has 12 nitrogen and oxygen atoms in total. The summed E-state index contributed by atoms with van der Waals surface area (Å²) in [6.45, 7) is 7.04. The maximum Gasteiger partial charge on any atom is 0.339 e. The minimum atomic E-state index is -0.985. The van der Waals surface area contributed by atoms with Crippen LogP contribution in [0.25, 0.3) is 0 Å². The van der Waals surface area contributed by atoms with Crippen molar-refractivity contribution >= 4 is 29.2 Å². The Bertz CT molecular complexity index is 1510. The zero-order chi connectivity index (χ0) is 30.6. The summed E-state index contributed by atoms with van der Waals surface area (Å²) in [5.41, 5.74) is 5.36. The number of hydrazone groups is 1. The fourth-order valence-corrected chi connectivity index (χ4v) is 5.03. The molecule has 2 aromatic rings. The number of benzene rings is 2. The van der Waals surface area contributed by atoms with E-state index in [1.54, 1.807) is 39.0 Å². The largest absolute Gasteiger partial charge is 0.466 e. The summed E-state index contributed by atoms with van der Waals surface area (Å²) in [4.78, 5) is 49.1. The van der Waals surface area contributed by atoms with Gasteiger partial charge in [0.2, 0.25) is 12.2 Å². The number of amides is 1. The third-order valence-electron chi connectivity index (χ3n) is 7.05. The highest BCUT2D eigenvalue weighted by Crippen LogP contribution is 2.40. The normalized spacial score (nSPS) is 19.3. The highest BCUT2D eigenvalue weighted by Gasteiger charge is 2.39. The quantitative estimate of drug-likeness (QED) is 0.193. The Morgan fingerprint density at radius 2 is 1.76 bits per heavy atom. The van der Waals surface area contributed by atoms with Gasteiger partial charge >= 0.3 is 11.9 Å². The fraction of sp³-hybridized carbons (Fsp3) is 0.333. The van der Waals surface area contributed by atoms with E-state index in [0.717, 1.165) is 11.3 Å². The summed E-state index contributed by atoms with van der Waals surface area (Å²) in [7, 11) is 1.22. The van der Waals surface area contributed by atoms with Crippen molar-refractivity contribution in [3.63, 3.8) is 0 Å². The zero-order valence-electron chi connectivity index (χ0n) is 23.9. The van der Waals surface area contributed by atoms with E-state index in [2.05, 4.69) is 15.8 Å². The van der Waals surface area contributed by atoms with Gasteiger partial charge in [-0.05, 0) is 49.2 Å². The van der Waals surface area contributed by atoms with Crippen LogP contribution in [-0.2, 0) is 23.9 Å². The first-order chi connectivity index (χ1) is 20.0. The molecule has 0 aromatic heterocycles. The second-order valence-corrected chi connectivity index (χ2v) is 10.0. The first-order valence-corrected chi connectivity index (χ1v) is 13.4. The summed E-state index contributed by atoms with van der Waals surface area (Å²) >= 11 is 0. The Labute approximate surface area is 242 Å². The Hall–Kier alpha value is -5.00. The lowest BCUT2D eigenvalue weighted by molar-refractivity contribution is -0.384. The average Bonchev–Trinajstić information content (AvgIpc) is 2.96. The number of esters is 2. The molecule has 3 atom stereocenters. The molecule has 2 aliphatic heterocycles. The second-order valence-electron chi connectivity index (χ2n) is 10.0. The van der Waals surface area contributed by atoms with E-state index in [-0.39, 0.29) is 28.7 Å². The van der Waals surface area contributed by atoms with Crippen LogP contribution in [0.3, 0.4) is 0 Å². The number of rotatable bonds is 9. The number of non-ortho nitro benzene ring substituents is 1. The van der Waals surface area contributed by atoms with Gasteiger partial charge in [-0.3, -0.25) is 14.9 Å². The lowest BCUT2D eigenvalue weighted by Crippen LogP contribution is -2.34. The number of carbonyl (C=O) groups is 3. The van der Waals surface area contributed by atoms with Crippen molar-refractivity contribution in [2.24, 2.45) is 11.0 Å². The van der Waals surface area contributed by atoms with Crippen LogP contribution in [0.5, 0.6) is 5.75 Å². The Morgan fingerprint density at radius 1 is 1.10 bits per heavy atom. The lowest BCUT2D eigenvalue weighted by atomic mass is 9.80. The molecule has 4 rings (SSSR count). The molecule has 0 radical (unpaired) electrons. The highest BCUT2D eigenvalue weighted by atomic mass is 16.7. The van der Waals surface area contributed by atoms with Crippen LogP contribution in [0.15, 0.2) is 76.2 Å². The molecule has 3 unspecified atom stereocenters. The summed E-state index contributed by atoms with van der Waals surface area (Å²) in [6.07, 6.45) is -0.324. The molecule has 220 valence electrons. The summed E-state index contributed by atoms with van der Waals surface area (Å²) < 4.78 is 16.7. The van der Waals surface area contributed by atoms with E-state index >= 15 is 0 Å². The second kappa shape index (κ2) is 12.7. The van der Waals surface area contributed by atoms with Gasteiger partial charge in [-0.1, -0.05) is 26.0 Å². The van der Waals surface area contributed by atoms with Crippen molar-refractivity contribution in [3.8, 4) is 5.75 Å².